The number of hydrogen-bond donors (Lipinski definition) is 0. The van der Waals surface area contributed by atoms with Crippen molar-refractivity contribution < 1.29 is 0 Å². The van der Waals surface area contributed by atoms with Crippen LogP contribution in [0.2, 0.25) is 0 Å². The van der Waals surface area contributed by atoms with Crippen molar-refractivity contribution in [1.29, 1.82) is 0 Å². The largest absolute Gasteiger partial charge is 0.344 e. The van der Waals surface area contributed by atoms with Crippen LogP contribution in [0.4, 0.5) is 0 Å². The van der Waals surface area contributed by atoms with Crippen molar-refractivity contribution in [2.75, 3.05) is 0 Å². The first-order valence-corrected chi connectivity index (χ1v) is 10.3. The first-order valence-electron chi connectivity index (χ1n) is 10.3. The molecule has 0 bridgehead atoms. The van der Waals surface area contributed by atoms with Crippen LogP contribution in [-0.2, 0) is 12.8 Å². The highest BCUT2D eigenvalue weighted by Crippen LogP contribution is 2.40. The zero-order valence-electron chi connectivity index (χ0n) is 16.0. The minimum Gasteiger partial charge on any atom is -0.344 e. The van der Waals surface area contributed by atoms with E-state index in [1.165, 1.54) is 34.0 Å². The molecule has 0 saturated heterocycles. The van der Waals surface area contributed by atoms with E-state index in [4.69, 9.17) is 0 Å². The lowest BCUT2D eigenvalue weighted by molar-refractivity contribution is 0.568. The lowest BCUT2D eigenvalue weighted by atomic mass is 9.80. The first kappa shape index (κ1) is 16.7. The van der Waals surface area contributed by atoms with Crippen LogP contribution in [-0.4, -0.2) is 24.3 Å². The molecule has 1 unspecified atom stereocenters. The normalized spacial score (nSPS) is 18.7. The van der Waals surface area contributed by atoms with Crippen LogP contribution in [0, 0.1) is 0 Å². The standard InChI is InChI=1S/C23H21N5O/c29-22-19-8-5-15(13-16(19)14-26-28(22)23-24-10-2-11-25-23)18-3-1-4-21-20(18)9-12-27(21)17-6-7-17/h1-4,9-12,14-15,17H,5-8,13H2. The number of benzene rings is 1. The Labute approximate surface area is 167 Å². The van der Waals surface area contributed by atoms with Crippen LogP contribution < -0.4 is 5.56 Å². The van der Waals surface area contributed by atoms with Crippen LogP contribution in [0.1, 0.15) is 47.9 Å². The molecule has 2 aliphatic rings. The fourth-order valence-electron chi connectivity index (χ4n) is 4.70. The number of aromatic nitrogens is 5. The molecule has 2 aliphatic carbocycles. The Morgan fingerprint density at radius 2 is 1.86 bits per heavy atom. The number of fused-ring (bicyclic) bond motifs is 2. The van der Waals surface area contributed by atoms with E-state index in [1.807, 2.05) is 6.20 Å². The molecule has 3 heterocycles. The Morgan fingerprint density at radius 1 is 1.00 bits per heavy atom. The monoisotopic (exact) mass is 383 g/mol. The molecule has 0 N–H and O–H groups in total. The zero-order valence-corrected chi connectivity index (χ0v) is 16.0. The van der Waals surface area contributed by atoms with Crippen molar-refractivity contribution in [2.45, 2.75) is 44.1 Å². The van der Waals surface area contributed by atoms with Gasteiger partial charge in [0.2, 0.25) is 0 Å². The third-order valence-electron chi connectivity index (χ3n) is 6.29. The summed E-state index contributed by atoms with van der Waals surface area (Å²) in [5.41, 5.74) is 4.54. The highest BCUT2D eigenvalue weighted by atomic mass is 16.1. The van der Waals surface area contributed by atoms with Crippen molar-refractivity contribution >= 4 is 10.9 Å². The van der Waals surface area contributed by atoms with Gasteiger partial charge < -0.3 is 4.57 Å². The predicted molar refractivity (Wildman–Crippen MR) is 110 cm³/mol. The van der Waals surface area contributed by atoms with Gasteiger partial charge in [-0.25, -0.2) is 9.97 Å². The summed E-state index contributed by atoms with van der Waals surface area (Å²) in [4.78, 5) is 21.3. The Hall–Kier alpha value is -3.28. The molecule has 6 nitrogen and oxygen atoms in total. The summed E-state index contributed by atoms with van der Waals surface area (Å²) >= 11 is 0. The molecule has 0 spiro atoms. The molecule has 0 amide bonds. The van der Waals surface area contributed by atoms with E-state index >= 15 is 0 Å². The number of rotatable bonds is 3. The van der Waals surface area contributed by atoms with E-state index in [2.05, 4.69) is 50.1 Å². The maximum atomic E-state index is 13.0. The molecule has 4 aromatic rings. The predicted octanol–water partition coefficient (Wildman–Crippen LogP) is 3.58. The van der Waals surface area contributed by atoms with Gasteiger partial charge in [-0.15, -0.1) is 0 Å². The van der Waals surface area contributed by atoms with Crippen LogP contribution in [0.15, 0.2) is 59.9 Å². The lowest BCUT2D eigenvalue weighted by Gasteiger charge is -2.25. The van der Waals surface area contributed by atoms with Gasteiger partial charge in [-0.05, 0) is 67.3 Å². The van der Waals surface area contributed by atoms with Gasteiger partial charge >= 0.3 is 0 Å². The van der Waals surface area contributed by atoms with E-state index in [-0.39, 0.29) is 5.56 Å². The molecule has 1 atom stereocenters. The average molecular weight is 383 g/mol. The van der Waals surface area contributed by atoms with Gasteiger partial charge in [0.15, 0.2) is 0 Å². The summed E-state index contributed by atoms with van der Waals surface area (Å²) in [5.74, 6) is 0.736. The molecular weight excluding hydrogens is 362 g/mol. The molecule has 1 aromatic carbocycles. The summed E-state index contributed by atoms with van der Waals surface area (Å²) in [6, 6.07) is 11.3. The molecule has 0 aliphatic heterocycles. The highest BCUT2D eigenvalue weighted by molar-refractivity contribution is 5.84. The SMILES string of the molecule is O=c1c2c(cnn1-c1ncccn1)CC(c1cccc3c1ccn3C1CC1)CC2. The average Bonchev–Trinajstić information content (AvgIpc) is 3.52. The van der Waals surface area contributed by atoms with Crippen molar-refractivity contribution in [1.82, 2.24) is 24.3 Å². The minimum atomic E-state index is -0.0924. The Kier molecular flexibility index (Phi) is 3.66. The molecule has 29 heavy (non-hydrogen) atoms. The van der Waals surface area contributed by atoms with Gasteiger partial charge in [0.1, 0.15) is 0 Å². The van der Waals surface area contributed by atoms with Gasteiger partial charge in [-0.1, -0.05) is 12.1 Å². The summed E-state index contributed by atoms with van der Waals surface area (Å²) in [5, 5.41) is 5.72. The second-order valence-corrected chi connectivity index (χ2v) is 8.09. The summed E-state index contributed by atoms with van der Waals surface area (Å²) in [6.07, 6.45) is 12.5. The molecule has 0 radical (unpaired) electrons. The molecule has 3 aromatic heterocycles. The van der Waals surface area contributed by atoms with Crippen molar-refractivity contribution in [3.05, 3.63) is 82.2 Å². The highest BCUT2D eigenvalue weighted by Gasteiger charge is 2.28. The van der Waals surface area contributed by atoms with E-state index in [9.17, 15) is 4.79 Å². The molecule has 6 heteroatoms. The summed E-state index contributed by atoms with van der Waals surface area (Å²) in [7, 11) is 0. The van der Waals surface area contributed by atoms with E-state index in [0.29, 0.717) is 17.9 Å². The molecule has 144 valence electrons. The van der Waals surface area contributed by atoms with Crippen LogP contribution in [0.5, 0.6) is 0 Å². The first-order chi connectivity index (χ1) is 14.3. The fourth-order valence-corrected chi connectivity index (χ4v) is 4.70. The van der Waals surface area contributed by atoms with Crippen LogP contribution in [0.3, 0.4) is 0 Å². The van der Waals surface area contributed by atoms with Crippen LogP contribution >= 0.6 is 0 Å². The molecule has 1 saturated carbocycles. The Morgan fingerprint density at radius 3 is 2.69 bits per heavy atom. The smallest absolute Gasteiger partial charge is 0.277 e. The molecule has 1 fully saturated rings. The maximum Gasteiger partial charge on any atom is 0.277 e. The van der Waals surface area contributed by atoms with Crippen LogP contribution in [0.25, 0.3) is 16.9 Å². The van der Waals surface area contributed by atoms with Gasteiger partial charge in [0.05, 0.1) is 6.20 Å². The second-order valence-electron chi connectivity index (χ2n) is 8.09. The minimum absolute atomic E-state index is 0.0924. The maximum absolute atomic E-state index is 13.0. The van der Waals surface area contributed by atoms with Gasteiger partial charge in [0, 0.05) is 41.1 Å². The zero-order chi connectivity index (χ0) is 19.4. The Bertz CT molecular complexity index is 1270. The van der Waals surface area contributed by atoms with E-state index in [1.54, 1.807) is 18.5 Å². The topological polar surface area (TPSA) is 65.6 Å². The van der Waals surface area contributed by atoms with Crippen molar-refractivity contribution in [3.63, 3.8) is 0 Å². The van der Waals surface area contributed by atoms with Gasteiger partial charge in [-0.3, -0.25) is 4.79 Å². The quantitative estimate of drug-likeness (QED) is 0.542. The lowest BCUT2D eigenvalue weighted by Crippen LogP contribution is -2.30. The fraction of sp³-hybridized carbons (Fsp3) is 0.304. The number of hydrogen-bond acceptors (Lipinski definition) is 4. The second kappa shape index (κ2) is 6.37. The van der Waals surface area contributed by atoms with Crippen molar-refractivity contribution in [3.8, 4) is 5.95 Å². The molecular formula is C23H21N5O. The van der Waals surface area contributed by atoms with Gasteiger partial charge in [-0.2, -0.15) is 9.78 Å². The third kappa shape index (κ3) is 2.70. The molecule has 6 rings (SSSR count). The summed E-state index contributed by atoms with van der Waals surface area (Å²) in [6.45, 7) is 0. The van der Waals surface area contributed by atoms with Gasteiger partial charge in [0.25, 0.3) is 11.5 Å². The van der Waals surface area contributed by atoms with E-state index < -0.39 is 0 Å². The van der Waals surface area contributed by atoms with Crippen molar-refractivity contribution in [2.24, 2.45) is 0 Å². The summed E-state index contributed by atoms with van der Waals surface area (Å²) < 4.78 is 3.74. The number of nitrogens with zero attached hydrogens (tertiary/aromatic N) is 5. The van der Waals surface area contributed by atoms with E-state index in [0.717, 1.165) is 30.4 Å². The Balaban J connectivity index is 1.37. The third-order valence-corrected chi connectivity index (χ3v) is 6.29.